The smallest absolute Gasteiger partial charge is 0.335 e. The van der Waals surface area contributed by atoms with Gasteiger partial charge in [-0.05, 0) is 59.6 Å². The van der Waals surface area contributed by atoms with Gasteiger partial charge in [-0.2, -0.15) is 0 Å². The quantitative estimate of drug-likeness (QED) is 0.112. The Balaban J connectivity index is 1.42. The van der Waals surface area contributed by atoms with Crippen LogP contribution in [0.1, 0.15) is 57.6 Å². The largest absolute Gasteiger partial charge is 0.508 e. The zero-order valence-electron chi connectivity index (χ0n) is 29.8. The van der Waals surface area contributed by atoms with Crippen molar-refractivity contribution in [3.8, 4) is 17.2 Å². The summed E-state index contributed by atoms with van der Waals surface area (Å²) in [5.41, 5.74) is 4.35. The molecule has 3 aliphatic heterocycles. The number of nitrogens with zero attached hydrogens (tertiary/aromatic N) is 1. The molecule has 0 aromatic heterocycles. The molecule has 0 saturated carbocycles. The van der Waals surface area contributed by atoms with E-state index in [9.17, 15) is 45.3 Å². The summed E-state index contributed by atoms with van der Waals surface area (Å²) in [6, 6.07) is 9.57. The van der Waals surface area contributed by atoms with Crippen molar-refractivity contribution in [2.75, 3.05) is 13.1 Å². The average Bonchev–Trinajstić information content (AvgIpc) is 3.63. The number of aliphatic carboxylic acids is 1. The first kappa shape index (κ1) is 39.7. The number of aliphatic hydroxyl groups excluding tert-OH is 4. The Bertz CT molecular complexity index is 1730. The molecule has 1 fully saturated rings. The molecular weight excluding hydrogens is 690 g/mol. The number of fused-ring (bicyclic) bond motifs is 1. The fourth-order valence-electron chi connectivity index (χ4n) is 6.91. The van der Waals surface area contributed by atoms with Gasteiger partial charge in [0.2, 0.25) is 12.4 Å². The predicted octanol–water partition coefficient (Wildman–Crippen LogP) is 2.09. The van der Waals surface area contributed by atoms with Crippen molar-refractivity contribution in [2.24, 2.45) is 28.5 Å². The van der Waals surface area contributed by atoms with E-state index in [0.29, 0.717) is 24.4 Å². The van der Waals surface area contributed by atoms with Crippen LogP contribution in [0.4, 0.5) is 0 Å². The van der Waals surface area contributed by atoms with Gasteiger partial charge in [-0.15, -0.1) is 0 Å². The van der Waals surface area contributed by atoms with Gasteiger partial charge >= 0.3 is 5.97 Å². The molecule has 2 aromatic rings. The molecule has 1 amide bonds. The van der Waals surface area contributed by atoms with Crippen LogP contribution < -0.4 is 20.5 Å². The lowest BCUT2D eigenvalue weighted by Crippen LogP contribution is -2.75. The third kappa shape index (κ3) is 8.67. The molecule has 288 valence electrons. The minimum Gasteiger partial charge on any atom is -0.508 e. The van der Waals surface area contributed by atoms with E-state index < -0.39 is 54.4 Å². The summed E-state index contributed by atoms with van der Waals surface area (Å²) >= 11 is 0. The maximum Gasteiger partial charge on any atom is 0.335 e. The highest BCUT2D eigenvalue weighted by Crippen LogP contribution is 2.42. The van der Waals surface area contributed by atoms with Gasteiger partial charge in [0.25, 0.3) is 5.91 Å². The van der Waals surface area contributed by atoms with Crippen LogP contribution in [0.2, 0.25) is 0 Å². The lowest BCUT2D eigenvalue weighted by atomic mass is 9.82. The summed E-state index contributed by atoms with van der Waals surface area (Å²) < 4.78 is 17.3. The number of ether oxygens (including phenoxy) is 3. The number of primary amides is 1. The van der Waals surface area contributed by atoms with Crippen molar-refractivity contribution in [3.63, 3.8) is 0 Å². The summed E-state index contributed by atoms with van der Waals surface area (Å²) in [6.07, 6.45) is -4.65. The van der Waals surface area contributed by atoms with Crippen LogP contribution in [0, 0.1) is 17.8 Å². The number of amides is 1. The first-order chi connectivity index (χ1) is 25.1. The number of nitrogens with two attached hydrogens (primary N) is 1. The van der Waals surface area contributed by atoms with Crippen LogP contribution in [0.3, 0.4) is 0 Å². The number of phenols is 1. The fourth-order valence-corrected chi connectivity index (χ4v) is 6.91. The van der Waals surface area contributed by atoms with Crippen LogP contribution >= 0.6 is 0 Å². The van der Waals surface area contributed by atoms with Crippen molar-refractivity contribution in [1.29, 1.82) is 0 Å². The van der Waals surface area contributed by atoms with Crippen molar-refractivity contribution in [2.45, 2.75) is 89.0 Å². The van der Waals surface area contributed by atoms with E-state index in [4.69, 9.17) is 19.9 Å². The molecular formula is C38H49N3O12. The molecule has 3 heterocycles. The van der Waals surface area contributed by atoms with Crippen LogP contribution in [0.25, 0.3) is 11.3 Å². The normalized spacial score (nSPS) is 27.1. The summed E-state index contributed by atoms with van der Waals surface area (Å²) in [4.78, 5) is 28.8. The number of carboxylic acids is 1. The zero-order valence-corrected chi connectivity index (χ0v) is 29.8. The molecule has 0 aliphatic carbocycles. The molecule has 0 radical (unpaired) electrons. The van der Waals surface area contributed by atoms with Gasteiger partial charge in [-0.1, -0.05) is 58.2 Å². The highest BCUT2D eigenvalue weighted by molar-refractivity contribution is 6.03. The molecule has 0 spiro atoms. The number of nitrogens with one attached hydrogen (secondary N) is 1. The van der Waals surface area contributed by atoms with Gasteiger partial charge in [0.15, 0.2) is 11.7 Å². The van der Waals surface area contributed by atoms with Gasteiger partial charge < -0.3 is 55.7 Å². The first-order valence-corrected chi connectivity index (χ1v) is 17.7. The standard InChI is InChI=1S/C38H49N3O12/c1-19(2)5-4-6-20(3)23(15-21-13-14-40-17-21)18-41-36(49)38(50)33(45)30(44)32(35(47)48)53-37(38)51-25-11-12-26-27(16-25)52-31(34(39)46)28(29(26)43)22-7-9-24(42)10-8-22/h7-13,16-17,19-20,23,30-33,36-37,41-45,49-50H,4-6,14-15,18H2,1-3H3,(H2,39,46)(H,47,48)/t20-,23-,30+,31?,32-,33-,36+,37+,38-/m0/s1. The number of carboxylic acid groups (broad SMARTS) is 1. The number of phenolic OH excluding ortho intramolecular Hbond substituents is 1. The number of carbonyl (C=O) groups excluding carboxylic acids is 1. The van der Waals surface area contributed by atoms with E-state index in [0.717, 1.165) is 24.8 Å². The second-order valence-corrected chi connectivity index (χ2v) is 14.4. The second kappa shape index (κ2) is 16.7. The van der Waals surface area contributed by atoms with Gasteiger partial charge in [0.05, 0.1) is 17.7 Å². The number of carbonyl (C=O) groups is 2. The molecule has 2 aromatic carbocycles. The molecule has 5 rings (SSSR count). The Morgan fingerprint density at radius 2 is 1.81 bits per heavy atom. The highest BCUT2D eigenvalue weighted by Gasteiger charge is 2.62. The van der Waals surface area contributed by atoms with Gasteiger partial charge in [-0.25, -0.2) is 4.79 Å². The number of aromatic hydroxyl groups is 1. The molecule has 9 atom stereocenters. The Kier molecular flexibility index (Phi) is 12.5. The lowest BCUT2D eigenvalue weighted by molar-refractivity contribution is -0.338. The monoisotopic (exact) mass is 739 g/mol. The fraction of sp³-hybridized carbons (Fsp3) is 0.500. The van der Waals surface area contributed by atoms with Crippen molar-refractivity contribution in [3.05, 3.63) is 65.2 Å². The maximum atomic E-state index is 12.5. The van der Waals surface area contributed by atoms with E-state index in [2.05, 4.69) is 31.1 Å². The second-order valence-electron chi connectivity index (χ2n) is 14.4. The minimum absolute atomic E-state index is 0.0421. The Labute approximate surface area is 307 Å². The first-order valence-electron chi connectivity index (χ1n) is 17.7. The molecule has 1 saturated heterocycles. The Morgan fingerprint density at radius 3 is 2.43 bits per heavy atom. The molecule has 1 unspecified atom stereocenters. The van der Waals surface area contributed by atoms with E-state index in [1.54, 1.807) is 6.21 Å². The van der Waals surface area contributed by atoms with Crippen molar-refractivity contribution >= 4 is 29.4 Å². The summed E-state index contributed by atoms with van der Waals surface area (Å²) in [7, 11) is 0. The number of benzene rings is 2. The number of hydrogen-bond donors (Lipinski definition) is 9. The van der Waals surface area contributed by atoms with Gasteiger partial charge in [0, 0.05) is 18.8 Å². The van der Waals surface area contributed by atoms with Crippen LogP contribution in [0.5, 0.6) is 17.2 Å². The number of aliphatic imine (C=N–C) groups is 1. The third-order valence-electron chi connectivity index (χ3n) is 10.1. The van der Waals surface area contributed by atoms with Crippen molar-refractivity contribution in [1.82, 2.24) is 5.32 Å². The number of allylic oxidation sites excluding steroid dienone is 1. The molecule has 10 N–H and O–H groups in total. The minimum atomic E-state index is -2.83. The SMILES string of the molecule is CC(C)CCC[C@H](C)[C@H](CN[C@H](O)[C@]1(O)[C@H](Oc2ccc3c(c2)OC(C(N)=O)C(c2ccc(O)cc2)=C3O)O[C@H](C(=O)O)[C@@H](O)[C@@H]1O)CC1=CCN=C1. The van der Waals surface area contributed by atoms with E-state index in [1.807, 2.05) is 6.08 Å². The number of hydrogen-bond acceptors (Lipinski definition) is 13. The van der Waals surface area contributed by atoms with E-state index in [-0.39, 0.29) is 52.5 Å². The topological polar surface area (TPSA) is 254 Å². The number of aliphatic hydroxyl groups is 5. The predicted molar refractivity (Wildman–Crippen MR) is 193 cm³/mol. The molecule has 15 nitrogen and oxygen atoms in total. The Hall–Kier alpha value is -4.51. The number of rotatable bonds is 16. The van der Waals surface area contributed by atoms with Gasteiger partial charge in [0.1, 0.15) is 41.4 Å². The van der Waals surface area contributed by atoms with E-state index >= 15 is 0 Å². The van der Waals surface area contributed by atoms with Crippen molar-refractivity contribution < 1.29 is 59.5 Å². The third-order valence-corrected chi connectivity index (χ3v) is 10.1. The summed E-state index contributed by atoms with van der Waals surface area (Å²) in [5.74, 6) is -2.56. The van der Waals surface area contributed by atoms with E-state index in [1.165, 1.54) is 42.5 Å². The lowest BCUT2D eigenvalue weighted by Gasteiger charge is -2.48. The molecule has 0 bridgehead atoms. The van der Waals surface area contributed by atoms with Crippen LogP contribution in [-0.2, 0) is 14.3 Å². The Morgan fingerprint density at radius 1 is 1.09 bits per heavy atom. The highest BCUT2D eigenvalue weighted by atomic mass is 16.7. The van der Waals surface area contributed by atoms with Crippen LogP contribution in [-0.4, -0.2) is 109 Å². The summed E-state index contributed by atoms with van der Waals surface area (Å²) in [5, 5.41) is 79.0. The summed E-state index contributed by atoms with van der Waals surface area (Å²) in [6.45, 7) is 7.16. The molecule has 3 aliphatic rings. The van der Waals surface area contributed by atoms with Gasteiger partial charge in [-0.3, -0.25) is 15.1 Å². The zero-order chi connectivity index (χ0) is 38.6. The molecule has 15 heteroatoms. The maximum absolute atomic E-state index is 12.5. The molecule has 53 heavy (non-hydrogen) atoms. The van der Waals surface area contributed by atoms with Crippen LogP contribution in [0.15, 0.2) is 59.1 Å². The average molecular weight is 740 g/mol.